The van der Waals surface area contributed by atoms with E-state index in [2.05, 4.69) is 45.5 Å². The van der Waals surface area contributed by atoms with E-state index in [1.165, 1.54) is 0 Å². The van der Waals surface area contributed by atoms with Gasteiger partial charge >= 0.3 is 0 Å². The SMILES string of the molecule is CCSN(NC(C)C)NC(C)C. The third-order valence-electron chi connectivity index (χ3n) is 1.01. The zero-order valence-corrected chi connectivity index (χ0v) is 9.53. The van der Waals surface area contributed by atoms with Gasteiger partial charge in [0, 0.05) is 17.8 Å². The van der Waals surface area contributed by atoms with E-state index in [-0.39, 0.29) is 0 Å². The first-order valence-electron chi connectivity index (χ1n) is 4.51. The predicted molar refractivity (Wildman–Crippen MR) is 56.5 cm³/mol. The van der Waals surface area contributed by atoms with E-state index in [1.807, 2.05) is 4.52 Å². The van der Waals surface area contributed by atoms with Crippen molar-refractivity contribution in [1.82, 2.24) is 15.4 Å². The van der Waals surface area contributed by atoms with Gasteiger partial charge in [-0.25, -0.2) is 10.9 Å². The van der Waals surface area contributed by atoms with Crippen LogP contribution in [0.2, 0.25) is 0 Å². The summed E-state index contributed by atoms with van der Waals surface area (Å²) in [5, 5.41) is 0. The van der Waals surface area contributed by atoms with Gasteiger partial charge in [0.25, 0.3) is 0 Å². The molecule has 0 saturated heterocycles. The highest BCUT2D eigenvalue weighted by Gasteiger charge is 2.06. The van der Waals surface area contributed by atoms with Crippen molar-refractivity contribution in [2.24, 2.45) is 0 Å². The highest BCUT2D eigenvalue weighted by Crippen LogP contribution is 2.03. The van der Waals surface area contributed by atoms with Crippen LogP contribution in [-0.4, -0.2) is 22.4 Å². The molecule has 0 radical (unpaired) electrons. The summed E-state index contributed by atoms with van der Waals surface area (Å²) in [7, 11) is 0. The largest absolute Gasteiger partial charge is 0.229 e. The van der Waals surface area contributed by atoms with Crippen LogP contribution in [0.1, 0.15) is 34.6 Å². The number of hydrazine groups is 2. The van der Waals surface area contributed by atoms with Crippen LogP contribution in [0, 0.1) is 0 Å². The topological polar surface area (TPSA) is 27.3 Å². The molecular weight excluding hydrogens is 170 g/mol. The van der Waals surface area contributed by atoms with Crippen molar-refractivity contribution in [3.63, 3.8) is 0 Å². The first-order valence-corrected chi connectivity index (χ1v) is 5.45. The number of nitrogens with zero attached hydrogens (tertiary/aromatic N) is 1. The Morgan fingerprint density at radius 1 is 1.08 bits per heavy atom. The summed E-state index contributed by atoms with van der Waals surface area (Å²) in [5.74, 6) is 1.07. The Labute approximate surface area is 80.4 Å². The molecule has 74 valence electrons. The fourth-order valence-corrected chi connectivity index (χ4v) is 1.54. The van der Waals surface area contributed by atoms with Crippen molar-refractivity contribution in [3.8, 4) is 0 Å². The third kappa shape index (κ3) is 6.91. The Kier molecular flexibility index (Phi) is 6.84. The molecule has 0 unspecified atom stereocenters. The summed E-state index contributed by atoms with van der Waals surface area (Å²) in [4.78, 5) is 0. The van der Waals surface area contributed by atoms with Crippen LogP contribution < -0.4 is 10.9 Å². The lowest BCUT2D eigenvalue weighted by Gasteiger charge is -2.26. The zero-order valence-electron chi connectivity index (χ0n) is 8.72. The molecule has 0 bridgehead atoms. The summed E-state index contributed by atoms with van der Waals surface area (Å²) in [6.45, 7) is 10.7. The lowest BCUT2D eigenvalue weighted by Crippen LogP contribution is -2.49. The van der Waals surface area contributed by atoms with Crippen molar-refractivity contribution in [2.75, 3.05) is 5.75 Å². The van der Waals surface area contributed by atoms with Gasteiger partial charge in [0.05, 0.1) is 0 Å². The van der Waals surface area contributed by atoms with Crippen molar-refractivity contribution in [3.05, 3.63) is 0 Å². The smallest absolute Gasteiger partial charge is 0.0181 e. The summed E-state index contributed by atoms with van der Waals surface area (Å²) >= 11 is 1.74. The number of hydrogen-bond donors (Lipinski definition) is 2. The maximum Gasteiger partial charge on any atom is 0.0181 e. The summed E-state index contributed by atoms with van der Waals surface area (Å²) in [6, 6.07) is 0.936. The lowest BCUT2D eigenvalue weighted by molar-refractivity contribution is 0.215. The van der Waals surface area contributed by atoms with Crippen LogP contribution in [0.15, 0.2) is 0 Å². The van der Waals surface area contributed by atoms with Gasteiger partial charge in [-0.3, -0.25) is 0 Å². The van der Waals surface area contributed by atoms with Crippen LogP contribution in [0.5, 0.6) is 0 Å². The second-order valence-corrected chi connectivity index (χ2v) is 4.48. The third-order valence-corrected chi connectivity index (χ3v) is 1.74. The van der Waals surface area contributed by atoms with Gasteiger partial charge in [-0.05, 0) is 39.6 Å². The molecule has 0 atom stereocenters. The molecule has 0 aromatic rings. The van der Waals surface area contributed by atoms with Crippen LogP contribution in [0.4, 0.5) is 0 Å². The molecule has 0 heterocycles. The molecule has 0 aliphatic rings. The molecule has 0 fully saturated rings. The van der Waals surface area contributed by atoms with E-state index >= 15 is 0 Å². The number of nitrogens with one attached hydrogen (secondary N) is 2. The first-order chi connectivity index (χ1) is 5.56. The summed E-state index contributed by atoms with van der Waals surface area (Å²) < 4.78 is 2.00. The molecule has 0 amide bonds. The lowest BCUT2D eigenvalue weighted by atomic mass is 10.4. The van der Waals surface area contributed by atoms with E-state index in [9.17, 15) is 0 Å². The second kappa shape index (κ2) is 6.71. The molecule has 0 aromatic heterocycles. The quantitative estimate of drug-likeness (QED) is 0.494. The standard InChI is InChI=1S/C8H21N3S/c1-6-12-11(9-7(2)3)10-8(4)5/h7-10H,6H2,1-5H3. The summed E-state index contributed by atoms with van der Waals surface area (Å²) in [5.41, 5.74) is 6.59. The molecule has 0 saturated carbocycles. The minimum Gasteiger partial charge on any atom is -0.229 e. The van der Waals surface area contributed by atoms with Crippen LogP contribution in [0.3, 0.4) is 0 Å². The van der Waals surface area contributed by atoms with E-state index in [0.717, 1.165) is 5.75 Å². The summed E-state index contributed by atoms with van der Waals surface area (Å²) in [6.07, 6.45) is 0. The molecule has 0 rings (SSSR count). The van der Waals surface area contributed by atoms with E-state index in [0.29, 0.717) is 12.1 Å². The average molecular weight is 191 g/mol. The Balaban J connectivity index is 3.69. The number of hydrogen-bond acceptors (Lipinski definition) is 4. The van der Waals surface area contributed by atoms with Gasteiger partial charge in [-0.1, -0.05) is 6.92 Å². The maximum absolute atomic E-state index is 3.30. The monoisotopic (exact) mass is 191 g/mol. The van der Waals surface area contributed by atoms with Crippen molar-refractivity contribution in [2.45, 2.75) is 46.7 Å². The average Bonchev–Trinajstić information content (AvgIpc) is 1.84. The molecule has 2 N–H and O–H groups in total. The van der Waals surface area contributed by atoms with Crippen LogP contribution >= 0.6 is 11.9 Å². The van der Waals surface area contributed by atoms with E-state index in [1.54, 1.807) is 11.9 Å². The van der Waals surface area contributed by atoms with Crippen molar-refractivity contribution < 1.29 is 0 Å². The zero-order chi connectivity index (χ0) is 9.56. The second-order valence-electron chi connectivity index (χ2n) is 3.28. The van der Waals surface area contributed by atoms with Crippen LogP contribution in [0.25, 0.3) is 0 Å². The van der Waals surface area contributed by atoms with Crippen LogP contribution in [-0.2, 0) is 0 Å². The Bertz CT molecular complexity index is 96.5. The normalized spacial score (nSPS) is 12.0. The Morgan fingerprint density at radius 3 is 1.75 bits per heavy atom. The van der Waals surface area contributed by atoms with Gasteiger partial charge in [-0.15, -0.1) is 4.52 Å². The van der Waals surface area contributed by atoms with Gasteiger partial charge in [-0.2, -0.15) is 0 Å². The maximum atomic E-state index is 3.30. The fourth-order valence-electron chi connectivity index (χ4n) is 0.710. The molecule has 4 heteroatoms. The molecule has 12 heavy (non-hydrogen) atoms. The van der Waals surface area contributed by atoms with Gasteiger partial charge in [0.1, 0.15) is 0 Å². The molecular formula is C8H21N3S. The Morgan fingerprint density at radius 2 is 1.50 bits per heavy atom. The minimum absolute atomic E-state index is 0.468. The fraction of sp³-hybridized carbons (Fsp3) is 1.00. The van der Waals surface area contributed by atoms with Crippen molar-refractivity contribution in [1.29, 1.82) is 0 Å². The molecule has 3 nitrogen and oxygen atoms in total. The molecule has 0 spiro atoms. The van der Waals surface area contributed by atoms with Gasteiger partial charge in [0.15, 0.2) is 0 Å². The first kappa shape index (κ1) is 12.2. The van der Waals surface area contributed by atoms with Gasteiger partial charge < -0.3 is 0 Å². The Hall–Kier alpha value is 0.230. The van der Waals surface area contributed by atoms with E-state index in [4.69, 9.17) is 0 Å². The minimum atomic E-state index is 0.468. The highest BCUT2D eigenvalue weighted by atomic mass is 32.2. The molecule has 0 aliphatic heterocycles. The molecule has 0 aliphatic carbocycles. The number of rotatable bonds is 6. The van der Waals surface area contributed by atoms with E-state index < -0.39 is 0 Å². The molecule has 0 aromatic carbocycles. The van der Waals surface area contributed by atoms with Gasteiger partial charge in [0.2, 0.25) is 0 Å². The van der Waals surface area contributed by atoms with Crippen molar-refractivity contribution >= 4 is 11.9 Å². The predicted octanol–water partition coefficient (Wildman–Crippen LogP) is 1.78. The highest BCUT2D eigenvalue weighted by molar-refractivity contribution is 7.96.